The van der Waals surface area contributed by atoms with E-state index >= 15 is 0 Å². The standard InChI is InChI=1S/C15H23N3O2/c1-2-20-15(19)13(16)11-12-5-3-4-6-14(12)18-9-7-17-8-10-18/h3-6,13,17H,2,7-11,16H2,1H3. The van der Waals surface area contributed by atoms with E-state index in [9.17, 15) is 4.79 Å². The van der Waals surface area contributed by atoms with E-state index in [1.807, 2.05) is 18.2 Å². The molecule has 1 saturated heterocycles. The molecule has 0 amide bonds. The number of ether oxygens (including phenoxy) is 1. The normalized spacial score (nSPS) is 16.8. The molecule has 5 nitrogen and oxygen atoms in total. The third-order valence-electron chi connectivity index (χ3n) is 3.48. The highest BCUT2D eigenvalue weighted by Gasteiger charge is 2.19. The summed E-state index contributed by atoms with van der Waals surface area (Å²) in [6, 6.07) is 7.55. The van der Waals surface area contributed by atoms with Crippen LogP contribution in [0.2, 0.25) is 0 Å². The van der Waals surface area contributed by atoms with Crippen LogP contribution in [0.5, 0.6) is 0 Å². The molecule has 1 heterocycles. The molecule has 1 aliphatic heterocycles. The van der Waals surface area contributed by atoms with Crippen molar-refractivity contribution in [3.63, 3.8) is 0 Å². The lowest BCUT2D eigenvalue weighted by Gasteiger charge is -2.31. The largest absolute Gasteiger partial charge is 0.465 e. The molecule has 0 saturated carbocycles. The molecule has 0 aromatic heterocycles. The van der Waals surface area contributed by atoms with Gasteiger partial charge >= 0.3 is 5.97 Å². The smallest absolute Gasteiger partial charge is 0.323 e. The fourth-order valence-corrected chi connectivity index (χ4v) is 2.47. The Morgan fingerprint density at radius 3 is 2.80 bits per heavy atom. The number of esters is 1. The summed E-state index contributed by atoms with van der Waals surface area (Å²) < 4.78 is 4.97. The van der Waals surface area contributed by atoms with Gasteiger partial charge in [0.15, 0.2) is 0 Å². The first kappa shape index (κ1) is 14.8. The van der Waals surface area contributed by atoms with Gasteiger partial charge in [-0.3, -0.25) is 4.79 Å². The molecule has 1 fully saturated rings. The molecule has 110 valence electrons. The zero-order chi connectivity index (χ0) is 14.4. The first-order valence-electron chi connectivity index (χ1n) is 7.18. The molecule has 5 heteroatoms. The molecular weight excluding hydrogens is 254 g/mol. The van der Waals surface area contributed by atoms with Crippen molar-refractivity contribution in [1.29, 1.82) is 0 Å². The van der Waals surface area contributed by atoms with Gasteiger partial charge in [-0.2, -0.15) is 0 Å². The van der Waals surface area contributed by atoms with Gasteiger partial charge in [-0.05, 0) is 18.6 Å². The number of nitrogens with two attached hydrogens (primary N) is 1. The van der Waals surface area contributed by atoms with Crippen molar-refractivity contribution in [2.45, 2.75) is 19.4 Å². The Labute approximate surface area is 120 Å². The Kier molecular flexibility index (Phi) is 5.38. The van der Waals surface area contributed by atoms with Gasteiger partial charge in [0.1, 0.15) is 6.04 Å². The number of benzene rings is 1. The number of para-hydroxylation sites is 1. The van der Waals surface area contributed by atoms with E-state index in [0.29, 0.717) is 13.0 Å². The zero-order valence-electron chi connectivity index (χ0n) is 12.0. The highest BCUT2D eigenvalue weighted by atomic mass is 16.5. The minimum absolute atomic E-state index is 0.331. The number of hydrogen-bond acceptors (Lipinski definition) is 5. The molecular formula is C15H23N3O2. The maximum absolute atomic E-state index is 11.7. The fourth-order valence-electron chi connectivity index (χ4n) is 2.47. The van der Waals surface area contributed by atoms with Gasteiger partial charge in [0, 0.05) is 38.3 Å². The molecule has 1 unspecified atom stereocenters. The molecule has 0 spiro atoms. The summed E-state index contributed by atoms with van der Waals surface area (Å²) in [5, 5.41) is 3.34. The highest BCUT2D eigenvalue weighted by Crippen LogP contribution is 2.22. The van der Waals surface area contributed by atoms with E-state index in [1.54, 1.807) is 6.92 Å². The second kappa shape index (κ2) is 7.26. The summed E-state index contributed by atoms with van der Waals surface area (Å²) in [5.74, 6) is -0.331. The Bertz CT molecular complexity index is 444. The van der Waals surface area contributed by atoms with E-state index in [2.05, 4.69) is 16.3 Å². The highest BCUT2D eigenvalue weighted by molar-refractivity contribution is 5.76. The molecule has 1 aliphatic rings. The lowest BCUT2D eigenvalue weighted by molar-refractivity contribution is -0.144. The third-order valence-corrected chi connectivity index (χ3v) is 3.48. The van der Waals surface area contributed by atoms with E-state index in [-0.39, 0.29) is 5.97 Å². The zero-order valence-corrected chi connectivity index (χ0v) is 12.0. The number of carbonyl (C=O) groups excluding carboxylic acids is 1. The van der Waals surface area contributed by atoms with E-state index < -0.39 is 6.04 Å². The Morgan fingerprint density at radius 2 is 2.10 bits per heavy atom. The van der Waals surface area contributed by atoms with Crippen LogP contribution < -0.4 is 16.0 Å². The van der Waals surface area contributed by atoms with Crippen molar-refractivity contribution in [3.05, 3.63) is 29.8 Å². The van der Waals surface area contributed by atoms with Gasteiger partial charge in [-0.1, -0.05) is 18.2 Å². The maximum atomic E-state index is 11.7. The summed E-state index contributed by atoms with van der Waals surface area (Å²) in [7, 11) is 0. The fraction of sp³-hybridized carbons (Fsp3) is 0.533. The summed E-state index contributed by atoms with van der Waals surface area (Å²) in [5.41, 5.74) is 8.21. The van der Waals surface area contributed by atoms with Crippen molar-refractivity contribution in [2.75, 3.05) is 37.7 Å². The van der Waals surface area contributed by atoms with Crippen molar-refractivity contribution >= 4 is 11.7 Å². The number of nitrogens with one attached hydrogen (secondary N) is 1. The number of piperazine rings is 1. The predicted molar refractivity (Wildman–Crippen MR) is 79.8 cm³/mol. The van der Waals surface area contributed by atoms with Crippen LogP contribution in [0.15, 0.2) is 24.3 Å². The number of anilines is 1. The number of nitrogens with zero attached hydrogens (tertiary/aromatic N) is 1. The minimum atomic E-state index is -0.598. The minimum Gasteiger partial charge on any atom is -0.465 e. The van der Waals surface area contributed by atoms with Crippen LogP contribution in [0.3, 0.4) is 0 Å². The van der Waals surface area contributed by atoms with Gasteiger partial charge in [-0.25, -0.2) is 0 Å². The summed E-state index contributed by atoms with van der Waals surface area (Å²) >= 11 is 0. The summed E-state index contributed by atoms with van der Waals surface area (Å²) in [6.07, 6.45) is 0.513. The quantitative estimate of drug-likeness (QED) is 0.769. The van der Waals surface area contributed by atoms with Crippen LogP contribution in [-0.4, -0.2) is 44.8 Å². The first-order chi connectivity index (χ1) is 9.72. The SMILES string of the molecule is CCOC(=O)C(N)Cc1ccccc1N1CCNCC1. The number of rotatable bonds is 5. The van der Waals surface area contributed by atoms with Crippen LogP contribution in [-0.2, 0) is 16.0 Å². The molecule has 1 atom stereocenters. The molecule has 1 aromatic carbocycles. The maximum Gasteiger partial charge on any atom is 0.323 e. The lowest BCUT2D eigenvalue weighted by atomic mass is 10.0. The lowest BCUT2D eigenvalue weighted by Crippen LogP contribution is -2.44. The molecule has 1 aromatic rings. The Balaban J connectivity index is 2.09. The molecule has 20 heavy (non-hydrogen) atoms. The monoisotopic (exact) mass is 277 g/mol. The van der Waals surface area contributed by atoms with Gasteiger partial charge in [0.05, 0.1) is 6.61 Å². The Morgan fingerprint density at radius 1 is 1.40 bits per heavy atom. The molecule has 0 aliphatic carbocycles. The van der Waals surface area contributed by atoms with Crippen LogP contribution >= 0.6 is 0 Å². The topological polar surface area (TPSA) is 67.6 Å². The number of hydrogen-bond donors (Lipinski definition) is 2. The molecule has 0 bridgehead atoms. The predicted octanol–water partition coefficient (Wildman–Crippen LogP) is 0.529. The molecule has 2 rings (SSSR count). The summed E-state index contributed by atoms with van der Waals surface area (Å²) in [4.78, 5) is 14.0. The van der Waals surface area contributed by atoms with E-state index in [4.69, 9.17) is 10.5 Å². The number of carbonyl (C=O) groups is 1. The van der Waals surface area contributed by atoms with Gasteiger partial charge < -0.3 is 20.7 Å². The van der Waals surface area contributed by atoms with Gasteiger partial charge in [0.2, 0.25) is 0 Å². The van der Waals surface area contributed by atoms with Crippen LogP contribution in [0.1, 0.15) is 12.5 Å². The average molecular weight is 277 g/mol. The Hall–Kier alpha value is -1.59. The molecule has 0 radical (unpaired) electrons. The van der Waals surface area contributed by atoms with E-state index in [0.717, 1.165) is 31.7 Å². The average Bonchev–Trinajstić information content (AvgIpc) is 2.49. The second-order valence-corrected chi connectivity index (χ2v) is 4.93. The molecule has 3 N–H and O–H groups in total. The summed E-state index contributed by atoms with van der Waals surface area (Å²) in [6.45, 7) is 6.08. The second-order valence-electron chi connectivity index (χ2n) is 4.93. The van der Waals surface area contributed by atoms with Crippen LogP contribution in [0.4, 0.5) is 5.69 Å². The van der Waals surface area contributed by atoms with Gasteiger partial charge in [0.25, 0.3) is 0 Å². The van der Waals surface area contributed by atoms with Gasteiger partial charge in [-0.15, -0.1) is 0 Å². The third kappa shape index (κ3) is 3.71. The van der Waals surface area contributed by atoms with Crippen molar-refractivity contribution in [3.8, 4) is 0 Å². The first-order valence-corrected chi connectivity index (χ1v) is 7.18. The van der Waals surface area contributed by atoms with Crippen LogP contribution in [0.25, 0.3) is 0 Å². The van der Waals surface area contributed by atoms with Crippen molar-refractivity contribution < 1.29 is 9.53 Å². The van der Waals surface area contributed by atoms with Crippen molar-refractivity contribution in [1.82, 2.24) is 5.32 Å². The van der Waals surface area contributed by atoms with Crippen LogP contribution in [0, 0.1) is 0 Å². The van der Waals surface area contributed by atoms with Crippen molar-refractivity contribution in [2.24, 2.45) is 5.73 Å². The van der Waals surface area contributed by atoms with E-state index in [1.165, 1.54) is 5.69 Å².